The van der Waals surface area contributed by atoms with E-state index < -0.39 is 29.8 Å². The van der Waals surface area contributed by atoms with E-state index >= 15 is 0 Å². The van der Waals surface area contributed by atoms with Crippen molar-refractivity contribution in [1.82, 2.24) is 19.7 Å². The zero-order chi connectivity index (χ0) is 18.1. The van der Waals surface area contributed by atoms with E-state index in [0.717, 1.165) is 0 Å². The lowest BCUT2D eigenvalue weighted by atomic mass is 10.1. The number of nitrogens with zero attached hydrogens (tertiary/aromatic N) is 4. The average molecular weight is 348 g/mol. The molecule has 0 bridgehead atoms. The number of aliphatic carboxylic acids is 1. The molecule has 2 atom stereocenters. The number of benzene rings is 1. The van der Waals surface area contributed by atoms with Crippen LogP contribution >= 0.6 is 0 Å². The predicted octanol–water partition coefficient (Wildman–Crippen LogP) is 0.989. The number of fused-ring (bicyclic) bond motifs is 1. The minimum atomic E-state index is -1.11. The number of aromatic nitrogens is 3. The molecule has 0 saturated carbocycles. The highest BCUT2D eigenvalue weighted by molar-refractivity contribution is 5.86. The summed E-state index contributed by atoms with van der Waals surface area (Å²) in [4.78, 5) is 25.5. The summed E-state index contributed by atoms with van der Waals surface area (Å²) >= 11 is 0. The van der Waals surface area contributed by atoms with Gasteiger partial charge in [0.1, 0.15) is 23.4 Å². The molecule has 2 aromatic rings. The van der Waals surface area contributed by atoms with E-state index in [1.807, 2.05) is 0 Å². The molecule has 0 saturated heterocycles. The molecule has 25 heavy (non-hydrogen) atoms. The zero-order valence-electron chi connectivity index (χ0n) is 13.7. The summed E-state index contributed by atoms with van der Waals surface area (Å²) in [6, 6.07) is 4.22. The lowest BCUT2D eigenvalue weighted by Crippen LogP contribution is -2.54. The first-order valence-corrected chi connectivity index (χ1v) is 7.71. The first kappa shape index (κ1) is 16.9. The van der Waals surface area contributed by atoms with Gasteiger partial charge in [0.2, 0.25) is 0 Å². The quantitative estimate of drug-likeness (QED) is 0.885. The first-order chi connectivity index (χ1) is 11.9. The summed E-state index contributed by atoms with van der Waals surface area (Å²) in [5.41, 5.74) is 0. The molecular formula is C16H17FN4O4. The molecule has 132 valence electrons. The summed E-state index contributed by atoms with van der Waals surface area (Å²) < 4.78 is 20.1. The number of carbonyl (C=O) groups excluding carboxylic acids is 1. The molecule has 0 aliphatic carbocycles. The first-order valence-electron chi connectivity index (χ1n) is 7.71. The van der Waals surface area contributed by atoms with Gasteiger partial charge in [-0.25, -0.2) is 9.18 Å². The van der Waals surface area contributed by atoms with Crippen molar-refractivity contribution in [3.05, 3.63) is 41.7 Å². The van der Waals surface area contributed by atoms with Crippen LogP contribution < -0.4 is 4.74 Å². The van der Waals surface area contributed by atoms with Crippen LogP contribution in [0, 0.1) is 12.7 Å². The van der Waals surface area contributed by atoms with Crippen molar-refractivity contribution in [3.8, 4) is 5.75 Å². The Bertz CT molecular complexity index is 805. The molecule has 1 aromatic carbocycles. The Morgan fingerprint density at radius 2 is 2.00 bits per heavy atom. The number of hydrogen-bond donors (Lipinski definition) is 1. The number of halogens is 1. The van der Waals surface area contributed by atoms with E-state index in [4.69, 9.17) is 4.74 Å². The second-order valence-electron chi connectivity index (χ2n) is 5.81. The summed E-state index contributed by atoms with van der Waals surface area (Å²) in [7, 11) is 0. The van der Waals surface area contributed by atoms with Gasteiger partial charge in [-0.05, 0) is 38.1 Å². The summed E-state index contributed by atoms with van der Waals surface area (Å²) in [6.45, 7) is 3.37. The molecule has 1 aliphatic rings. The van der Waals surface area contributed by atoms with Gasteiger partial charge >= 0.3 is 5.97 Å². The largest absolute Gasteiger partial charge is 0.481 e. The fourth-order valence-corrected chi connectivity index (χ4v) is 2.76. The zero-order valence-corrected chi connectivity index (χ0v) is 13.7. The number of amides is 1. The van der Waals surface area contributed by atoms with Gasteiger partial charge in [0.05, 0.1) is 13.1 Å². The van der Waals surface area contributed by atoms with E-state index in [-0.39, 0.29) is 13.1 Å². The minimum absolute atomic E-state index is 0.0355. The van der Waals surface area contributed by atoms with Crippen molar-refractivity contribution in [2.45, 2.75) is 39.1 Å². The third-order valence-electron chi connectivity index (χ3n) is 4.10. The van der Waals surface area contributed by atoms with Crippen molar-refractivity contribution in [1.29, 1.82) is 0 Å². The van der Waals surface area contributed by atoms with Crippen LogP contribution in [0.5, 0.6) is 5.75 Å². The Morgan fingerprint density at radius 1 is 1.32 bits per heavy atom. The molecule has 0 spiro atoms. The lowest BCUT2D eigenvalue weighted by molar-refractivity contribution is -0.155. The predicted molar refractivity (Wildman–Crippen MR) is 83.2 cm³/mol. The van der Waals surface area contributed by atoms with Crippen molar-refractivity contribution in [3.63, 3.8) is 0 Å². The van der Waals surface area contributed by atoms with E-state index in [0.29, 0.717) is 17.4 Å². The summed E-state index contributed by atoms with van der Waals surface area (Å²) in [5, 5.41) is 17.4. The molecule has 1 aliphatic heterocycles. The number of rotatable bonds is 4. The normalized spacial score (nSPS) is 17.7. The highest BCUT2D eigenvalue weighted by atomic mass is 19.1. The van der Waals surface area contributed by atoms with Crippen molar-refractivity contribution in [2.24, 2.45) is 0 Å². The Morgan fingerprint density at radius 3 is 2.64 bits per heavy atom. The number of carbonyl (C=O) groups is 2. The smallest absolute Gasteiger partial charge is 0.328 e. The SMILES string of the molecule is Cc1nnc2n1CC(C(=O)O)N(C(=O)C(C)Oc1ccc(F)cc1)C2. The topological polar surface area (TPSA) is 97.5 Å². The van der Waals surface area contributed by atoms with Crippen molar-refractivity contribution in [2.75, 3.05) is 0 Å². The fraction of sp³-hybridized carbons (Fsp3) is 0.375. The summed E-state index contributed by atoms with van der Waals surface area (Å²) in [5.74, 6) is -0.556. The molecule has 1 amide bonds. The standard InChI is InChI=1S/C16H17FN4O4/c1-9(25-12-5-3-11(17)4-6-12)15(22)21-8-14-19-18-10(2)20(14)7-13(21)16(23)24/h3-6,9,13H,7-8H2,1-2H3,(H,23,24). The van der Waals surface area contributed by atoms with Gasteiger partial charge in [-0.1, -0.05) is 0 Å². The third kappa shape index (κ3) is 3.30. The molecule has 3 rings (SSSR count). The lowest BCUT2D eigenvalue weighted by Gasteiger charge is -2.34. The molecule has 0 radical (unpaired) electrons. The maximum absolute atomic E-state index is 12.9. The highest BCUT2D eigenvalue weighted by Gasteiger charge is 2.38. The van der Waals surface area contributed by atoms with Crippen LogP contribution in [0.4, 0.5) is 4.39 Å². The molecular weight excluding hydrogens is 331 g/mol. The Kier molecular flexibility index (Phi) is 4.39. The molecule has 0 fully saturated rings. The van der Waals surface area contributed by atoms with Gasteiger partial charge in [-0.3, -0.25) is 4.79 Å². The van der Waals surface area contributed by atoms with Crippen LogP contribution in [0.25, 0.3) is 0 Å². The Hall–Kier alpha value is -2.97. The average Bonchev–Trinajstić information content (AvgIpc) is 2.95. The van der Waals surface area contributed by atoms with Gasteiger partial charge < -0.3 is 19.3 Å². The van der Waals surface area contributed by atoms with Crippen LogP contribution in [0.1, 0.15) is 18.6 Å². The number of carboxylic acids is 1. The van der Waals surface area contributed by atoms with E-state index in [9.17, 15) is 19.1 Å². The fourth-order valence-electron chi connectivity index (χ4n) is 2.76. The van der Waals surface area contributed by atoms with Gasteiger partial charge in [0, 0.05) is 0 Å². The molecule has 2 unspecified atom stereocenters. The second-order valence-corrected chi connectivity index (χ2v) is 5.81. The van der Waals surface area contributed by atoms with E-state index in [2.05, 4.69) is 10.2 Å². The Labute approximate surface area is 142 Å². The number of carboxylic acid groups (broad SMARTS) is 1. The van der Waals surface area contributed by atoms with E-state index in [1.165, 1.54) is 36.1 Å². The van der Waals surface area contributed by atoms with Crippen LogP contribution in [0.2, 0.25) is 0 Å². The van der Waals surface area contributed by atoms with Crippen LogP contribution in [0.15, 0.2) is 24.3 Å². The monoisotopic (exact) mass is 348 g/mol. The van der Waals surface area contributed by atoms with E-state index in [1.54, 1.807) is 11.5 Å². The van der Waals surface area contributed by atoms with Crippen molar-refractivity contribution < 1.29 is 23.8 Å². The minimum Gasteiger partial charge on any atom is -0.481 e. The number of hydrogen-bond acceptors (Lipinski definition) is 5. The maximum atomic E-state index is 12.9. The molecule has 2 heterocycles. The van der Waals surface area contributed by atoms with Gasteiger partial charge in [-0.2, -0.15) is 0 Å². The van der Waals surface area contributed by atoms with Gasteiger partial charge in [0.25, 0.3) is 5.91 Å². The molecule has 1 aromatic heterocycles. The van der Waals surface area contributed by atoms with Crippen molar-refractivity contribution >= 4 is 11.9 Å². The van der Waals surface area contributed by atoms with Crippen LogP contribution in [0.3, 0.4) is 0 Å². The van der Waals surface area contributed by atoms with Gasteiger partial charge in [0.15, 0.2) is 11.9 Å². The maximum Gasteiger partial charge on any atom is 0.328 e. The molecule has 9 heteroatoms. The third-order valence-corrected chi connectivity index (χ3v) is 4.10. The Balaban J connectivity index is 1.79. The second kappa shape index (κ2) is 6.50. The van der Waals surface area contributed by atoms with Crippen LogP contribution in [-0.2, 0) is 22.7 Å². The number of ether oxygens (including phenoxy) is 1. The summed E-state index contributed by atoms with van der Waals surface area (Å²) in [6.07, 6.45) is -0.928. The van der Waals surface area contributed by atoms with Gasteiger partial charge in [-0.15, -0.1) is 10.2 Å². The molecule has 8 nitrogen and oxygen atoms in total. The highest BCUT2D eigenvalue weighted by Crippen LogP contribution is 2.21. The van der Waals surface area contributed by atoms with Crippen LogP contribution in [-0.4, -0.2) is 48.8 Å². The number of aryl methyl sites for hydroxylation is 1. The molecule has 1 N–H and O–H groups in total.